The number of halogens is 3. The number of piperidine rings is 1. The van der Waals surface area contributed by atoms with Gasteiger partial charge < -0.3 is 14.8 Å². The molecular weight excluding hydrogens is 437 g/mol. The molecule has 0 bridgehead atoms. The molecule has 1 aliphatic rings. The molecule has 31 heavy (non-hydrogen) atoms. The highest BCUT2D eigenvalue weighted by molar-refractivity contribution is 7.89. The molecule has 7 nitrogen and oxygen atoms in total. The number of nitrogens with zero attached hydrogens (tertiary/aromatic N) is 1. The van der Waals surface area contributed by atoms with Crippen molar-refractivity contribution in [3.8, 4) is 11.5 Å². The first-order chi connectivity index (χ1) is 14.6. The molecule has 3 rings (SSSR count). The lowest BCUT2D eigenvalue weighted by molar-refractivity contribution is -0.274. The molecule has 0 unspecified atom stereocenters. The minimum Gasteiger partial charge on any atom is -0.496 e. The number of anilines is 1. The van der Waals surface area contributed by atoms with Crippen LogP contribution in [0.1, 0.15) is 29.6 Å². The van der Waals surface area contributed by atoms with Crippen molar-refractivity contribution >= 4 is 21.6 Å². The van der Waals surface area contributed by atoms with E-state index in [1.54, 1.807) is 0 Å². The van der Waals surface area contributed by atoms with Gasteiger partial charge in [0.1, 0.15) is 11.5 Å². The van der Waals surface area contributed by atoms with Crippen LogP contribution >= 0.6 is 0 Å². The highest BCUT2D eigenvalue weighted by atomic mass is 32.2. The Bertz CT molecular complexity index is 1030. The molecule has 0 atom stereocenters. The zero-order valence-corrected chi connectivity index (χ0v) is 17.4. The normalized spacial score (nSPS) is 15.4. The first-order valence-electron chi connectivity index (χ1n) is 9.45. The highest BCUT2D eigenvalue weighted by Gasteiger charge is 2.31. The SMILES string of the molecule is COc1ccc(S(=O)(=O)N2CCCCC2)cc1C(=O)Nc1ccc(OC(F)(F)F)cc1. The molecule has 0 aliphatic carbocycles. The number of nitrogens with one attached hydrogen (secondary N) is 1. The van der Waals surface area contributed by atoms with Crippen molar-refractivity contribution in [1.82, 2.24) is 4.31 Å². The lowest BCUT2D eigenvalue weighted by atomic mass is 10.2. The number of alkyl halides is 3. The molecule has 0 aromatic heterocycles. The van der Waals surface area contributed by atoms with Crippen LogP contribution in [0.25, 0.3) is 0 Å². The van der Waals surface area contributed by atoms with Crippen molar-refractivity contribution in [3.63, 3.8) is 0 Å². The lowest BCUT2D eigenvalue weighted by Gasteiger charge is -2.26. The first-order valence-corrected chi connectivity index (χ1v) is 10.9. The quantitative estimate of drug-likeness (QED) is 0.707. The van der Waals surface area contributed by atoms with Gasteiger partial charge in [0, 0.05) is 18.8 Å². The summed E-state index contributed by atoms with van der Waals surface area (Å²) in [5, 5.41) is 2.52. The van der Waals surface area contributed by atoms with Gasteiger partial charge >= 0.3 is 6.36 Å². The van der Waals surface area contributed by atoms with Gasteiger partial charge in [-0.3, -0.25) is 4.79 Å². The molecule has 0 radical (unpaired) electrons. The van der Waals surface area contributed by atoms with Crippen molar-refractivity contribution < 1.29 is 35.9 Å². The van der Waals surface area contributed by atoms with E-state index in [1.165, 1.54) is 41.7 Å². The fourth-order valence-electron chi connectivity index (χ4n) is 3.22. The van der Waals surface area contributed by atoms with E-state index in [0.717, 1.165) is 31.4 Å². The Morgan fingerprint density at radius 2 is 1.68 bits per heavy atom. The van der Waals surface area contributed by atoms with E-state index in [2.05, 4.69) is 10.1 Å². The molecule has 2 aromatic rings. The maximum absolute atomic E-state index is 12.9. The molecule has 0 spiro atoms. The average Bonchev–Trinajstić information content (AvgIpc) is 2.74. The van der Waals surface area contributed by atoms with Crippen LogP contribution in [0.3, 0.4) is 0 Å². The van der Waals surface area contributed by atoms with Crippen molar-refractivity contribution in [2.45, 2.75) is 30.5 Å². The van der Waals surface area contributed by atoms with Crippen molar-refractivity contribution in [3.05, 3.63) is 48.0 Å². The second-order valence-corrected chi connectivity index (χ2v) is 8.79. The largest absolute Gasteiger partial charge is 0.573 e. The predicted molar refractivity (Wildman–Crippen MR) is 107 cm³/mol. The van der Waals surface area contributed by atoms with Crippen LogP contribution in [0, 0.1) is 0 Å². The number of hydrogen-bond acceptors (Lipinski definition) is 5. The topological polar surface area (TPSA) is 84.9 Å². The molecule has 168 valence electrons. The fourth-order valence-corrected chi connectivity index (χ4v) is 4.76. The molecule has 0 saturated carbocycles. The fraction of sp³-hybridized carbons (Fsp3) is 0.350. The molecule has 1 N–H and O–H groups in total. The Morgan fingerprint density at radius 1 is 1.03 bits per heavy atom. The molecule has 11 heteroatoms. The van der Waals surface area contributed by atoms with E-state index < -0.39 is 28.0 Å². The number of amides is 1. The zero-order chi connectivity index (χ0) is 22.6. The second-order valence-electron chi connectivity index (χ2n) is 6.85. The Balaban J connectivity index is 1.82. The molecule has 2 aromatic carbocycles. The van der Waals surface area contributed by atoms with Crippen molar-refractivity contribution in [2.75, 3.05) is 25.5 Å². The summed E-state index contributed by atoms with van der Waals surface area (Å²) in [6.45, 7) is 0.838. The number of hydrogen-bond donors (Lipinski definition) is 1. The lowest BCUT2D eigenvalue weighted by Crippen LogP contribution is -2.35. The number of benzene rings is 2. The average molecular weight is 458 g/mol. The standard InChI is InChI=1S/C20H21F3N2O5S/c1-29-18-10-9-16(31(27,28)25-11-3-2-4-12-25)13-17(18)19(26)24-14-5-7-15(8-6-14)30-20(21,22)23/h5-10,13H,2-4,11-12H2,1H3,(H,24,26). The highest BCUT2D eigenvalue weighted by Crippen LogP contribution is 2.28. The van der Waals surface area contributed by atoms with E-state index in [1.807, 2.05) is 0 Å². The van der Waals surface area contributed by atoms with E-state index >= 15 is 0 Å². The number of rotatable bonds is 6. The van der Waals surface area contributed by atoms with E-state index in [9.17, 15) is 26.4 Å². The summed E-state index contributed by atoms with van der Waals surface area (Å²) < 4.78 is 73.0. The zero-order valence-electron chi connectivity index (χ0n) is 16.6. The minimum absolute atomic E-state index is 0.0174. The third-order valence-corrected chi connectivity index (χ3v) is 6.61. The predicted octanol–water partition coefficient (Wildman–Crippen LogP) is 4.02. The third-order valence-electron chi connectivity index (χ3n) is 4.71. The molecule has 1 amide bonds. The summed E-state index contributed by atoms with van der Waals surface area (Å²) in [7, 11) is -2.42. The summed E-state index contributed by atoms with van der Waals surface area (Å²) in [5.74, 6) is -0.943. The molecule has 1 aliphatic heterocycles. The van der Waals surface area contributed by atoms with Crippen LogP contribution < -0.4 is 14.8 Å². The molecule has 1 heterocycles. The van der Waals surface area contributed by atoms with Gasteiger partial charge in [-0.05, 0) is 55.3 Å². The number of methoxy groups -OCH3 is 1. The summed E-state index contributed by atoms with van der Waals surface area (Å²) in [5.41, 5.74) is 0.182. The number of carbonyl (C=O) groups is 1. The van der Waals surface area contributed by atoms with Crippen LogP contribution in [-0.2, 0) is 10.0 Å². The van der Waals surface area contributed by atoms with E-state index in [4.69, 9.17) is 4.74 Å². The van der Waals surface area contributed by atoms with Crippen LogP contribution in [-0.4, -0.2) is 45.2 Å². The van der Waals surface area contributed by atoms with Gasteiger partial charge in [0.25, 0.3) is 5.91 Å². The summed E-state index contributed by atoms with van der Waals surface area (Å²) >= 11 is 0. The maximum atomic E-state index is 12.9. The molecular formula is C20H21F3N2O5S. The van der Waals surface area contributed by atoms with Gasteiger partial charge in [-0.1, -0.05) is 6.42 Å². The number of carbonyl (C=O) groups excluding carboxylic acids is 1. The first kappa shape index (κ1) is 22.9. The van der Waals surface area contributed by atoms with Crippen LogP contribution in [0.2, 0.25) is 0 Å². The molecule has 1 fully saturated rings. The monoisotopic (exact) mass is 458 g/mol. The smallest absolute Gasteiger partial charge is 0.496 e. The third kappa shape index (κ3) is 5.67. The van der Waals surface area contributed by atoms with Crippen molar-refractivity contribution in [2.24, 2.45) is 0 Å². The van der Waals surface area contributed by atoms with Gasteiger partial charge in [-0.2, -0.15) is 4.31 Å². The van der Waals surface area contributed by atoms with Gasteiger partial charge in [-0.15, -0.1) is 13.2 Å². The van der Waals surface area contributed by atoms with Gasteiger partial charge in [0.15, 0.2) is 0 Å². The Kier molecular flexibility index (Phi) is 6.75. The Labute approximate surface area is 177 Å². The number of sulfonamides is 1. The van der Waals surface area contributed by atoms with Crippen LogP contribution in [0.5, 0.6) is 11.5 Å². The van der Waals surface area contributed by atoms with E-state index in [-0.39, 0.29) is 21.9 Å². The Hall–Kier alpha value is -2.79. The maximum Gasteiger partial charge on any atom is 0.573 e. The van der Waals surface area contributed by atoms with Crippen LogP contribution in [0.4, 0.5) is 18.9 Å². The van der Waals surface area contributed by atoms with Crippen molar-refractivity contribution in [1.29, 1.82) is 0 Å². The summed E-state index contributed by atoms with van der Waals surface area (Å²) in [6.07, 6.45) is -2.30. The number of ether oxygens (including phenoxy) is 2. The van der Waals surface area contributed by atoms with Gasteiger partial charge in [0.05, 0.1) is 17.6 Å². The Morgan fingerprint density at radius 3 is 2.26 bits per heavy atom. The minimum atomic E-state index is -4.82. The van der Waals surface area contributed by atoms with Crippen LogP contribution in [0.15, 0.2) is 47.4 Å². The second kappa shape index (κ2) is 9.15. The van der Waals surface area contributed by atoms with E-state index in [0.29, 0.717) is 13.1 Å². The van der Waals surface area contributed by atoms with Gasteiger partial charge in [0.2, 0.25) is 10.0 Å². The van der Waals surface area contributed by atoms with Gasteiger partial charge in [-0.25, -0.2) is 8.42 Å². The summed E-state index contributed by atoms with van der Waals surface area (Å²) in [6, 6.07) is 8.59. The molecule has 1 saturated heterocycles. The summed E-state index contributed by atoms with van der Waals surface area (Å²) in [4.78, 5) is 12.7.